The predicted octanol–water partition coefficient (Wildman–Crippen LogP) is 2.00. The van der Waals surface area contributed by atoms with Crippen LogP contribution in [0.4, 0.5) is 0 Å². The fraction of sp³-hybridized carbons (Fsp3) is 1.00. The van der Waals surface area contributed by atoms with Crippen LogP contribution >= 0.6 is 7.60 Å². The fourth-order valence-electron chi connectivity index (χ4n) is 1.32. The summed E-state index contributed by atoms with van der Waals surface area (Å²) in [5.74, 6) is 0. The molecule has 0 aromatic carbocycles. The maximum absolute atomic E-state index is 11.1. The van der Waals surface area contributed by atoms with Crippen LogP contribution in [0.3, 0.4) is 0 Å². The average molecular weight is 267 g/mol. The first-order valence-electron chi connectivity index (χ1n) is 6.28. The largest absolute Gasteiger partial charge is 0.379 e. The van der Waals surface area contributed by atoms with Gasteiger partial charge in [-0.05, 0) is 13.0 Å². The van der Waals surface area contributed by atoms with Crippen LogP contribution < -0.4 is 5.32 Å². The first-order chi connectivity index (χ1) is 8.12. The third-order valence-corrected chi connectivity index (χ3v) is 3.75. The van der Waals surface area contributed by atoms with Gasteiger partial charge < -0.3 is 19.5 Å². The molecule has 104 valence electrons. The van der Waals surface area contributed by atoms with Crippen molar-refractivity contribution in [1.82, 2.24) is 5.32 Å². The number of rotatable bonds is 12. The molecular formula is C11H26NO4P. The molecule has 5 nitrogen and oxygen atoms in total. The van der Waals surface area contributed by atoms with Crippen LogP contribution in [0.5, 0.6) is 0 Å². The third kappa shape index (κ3) is 12.3. The maximum atomic E-state index is 11.1. The molecule has 0 rings (SSSR count). The molecule has 0 aliphatic rings. The van der Waals surface area contributed by atoms with Crippen molar-refractivity contribution in [2.45, 2.75) is 32.6 Å². The molecule has 0 saturated heterocycles. The molecule has 0 bridgehead atoms. The Hall–Kier alpha value is 0.0700. The Labute approximate surface area is 104 Å². The highest BCUT2D eigenvalue weighted by molar-refractivity contribution is 7.52. The molecule has 2 N–H and O–H groups in total. The van der Waals surface area contributed by atoms with E-state index in [4.69, 9.17) is 9.63 Å². The Bertz CT molecular complexity index is 214. The van der Waals surface area contributed by atoms with E-state index < -0.39 is 7.60 Å². The molecule has 0 aromatic heterocycles. The number of unbranched alkanes of at least 4 members (excludes halogenated alkanes) is 3. The number of hydrogen-bond donors (Lipinski definition) is 2. The lowest BCUT2D eigenvalue weighted by Crippen LogP contribution is -2.21. The van der Waals surface area contributed by atoms with Crippen molar-refractivity contribution in [1.29, 1.82) is 0 Å². The van der Waals surface area contributed by atoms with E-state index in [0.717, 1.165) is 13.1 Å². The Morgan fingerprint density at radius 1 is 1.18 bits per heavy atom. The van der Waals surface area contributed by atoms with E-state index in [-0.39, 0.29) is 12.8 Å². The molecule has 0 amide bonds. The van der Waals surface area contributed by atoms with Crippen LogP contribution in [0.25, 0.3) is 0 Å². The Kier molecular flexibility index (Phi) is 11.2. The molecular weight excluding hydrogens is 241 g/mol. The molecule has 0 radical (unpaired) electrons. The van der Waals surface area contributed by atoms with E-state index in [1.54, 1.807) is 0 Å². The van der Waals surface area contributed by atoms with Gasteiger partial charge in [0.1, 0.15) is 0 Å². The van der Waals surface area contributed by atoms with Gasteiger partial charge in [-0.25, -0.2) is 0 Å². The SMILES string of the molecule is CCCCCCNCCOCCP(=O)(O)OC. The van der Waals surface area contributed by atoms with E-state index in [2.05, 4.69) is 16.8 Å². The molecule has 6 heteroatoms. The summed E-state index contributed by atoms with van der Waals surface area (Å²) >= 11 is 0. The monoisotopic (exact) mass is 267 g/mol. The highest BCUT2D eigenvalue weighted by Crippen LogP contribution is 2.39. The van der Waals surface area contributed by atoms with E-state index in [1.165, 1.54) is 32.8 Å². The van der Waals surface area contributed by atoms with Crippen molar-refractivity contribution < 1.29 is 18.7 Å². The smallest absolute Gasteiger partial charge is 0.330 e. The number of hydrogen-bond acceptors (Lipinski definition) is 4. The predicted molar refractivity (Wildman–Crippen MR) is 69.5 cm³/mol. The fourth-order valence-corrected chi connectivity index (χ4v) is 1.86. The zero-order valence-corrected chi connectivity index (χ0v) is 11.9. The molecule has 0 spiro atoms. The zero-order chi connectivity index (χ0) is 13.0. The number of ether oxygens (including phenoxy) is 1. The topological polar surface area (TPSA) is 67.8 Å². The molecule has 1 unspecified atom stereocenters. The minimum Gasteiger partial charge on any atom is -0.379 e. The second-order valence-corrected chi connectivity index (χ2v) is 6.05. The summed E-state index contributed by atoms with van der Waals surface area (Å²) in [5.41, 5.74) is 0. The molecule has 0 aromatic rings. The summed E-state index contributed by atoms with van der Waals surface area (Å²) in [7, 11) is -2.16. The van der Waals surface area contributed by atoms with Gasteiger partial charge >= 0.3 is 7.60 Å². The number of nitrogens with one attached hydrogen (secondary N) is 1. The Morgan fingerprint density at radius 2 is 1.94 bits per heavy atom. The first-order valence-corrected chi connectivity index (χ1v) is 8.04. The Morgan fingerprint density at radius 3 is 2.59 bits per heavy atom. The normalized spacial score (nSPS) is 14.8. The van der Waals surface area contributed by atoms with Crippen molar-refractivity contribution in [3.63, 3.8) is 0 Å². The van der Waals surface area contributed by atoms with Crippen molar-refractivity contribution >= 4 is 7.60 Å². The van der Waals surface area contributed by atoms with Crippen LogP contribution in [0.1, 0.15) is 32.6 Å². The summed E-state index contributed by atoms with van der Waals surface area (Å²) in [6, 6.07) is 0. The van der Waals surface area contributed by atoms with Crippen LogP contribution in [-0.2, 0) is 13.8 Å². The van der Waals surface area contributed by atoms with Gasteiger partial charge in [-0.2, -0.15) is 0 Å². The average Bonchev–Trinajstić information content (AvgIpc) is 2.31. The molecule has 17 heavy (non-hydrogen) atoms. The van der Waals surface area contributed by atoms with Gasteiger partial charge in [-0.1, -0.05) is 26.2 Å². The molecule has 0 saturated carbocycles. The second kappa shape index (κ2) is 11.2. The lowest BCUT2D eigenvalue weighted by atomic mass is 10.2. The summed E-state index contributed by atoms with van der Waals surface area (Å²) in [4.78, 5) is 9.08. The highest BCUT2D eigenvalue weighted by Gasteiger charge is 2.15. The van der Waals surface area contributed by atoms with Gasteiger partial charge in [0.25, 0.3) is 0 Å². The summed E-state index contributed by atoms with van der Waals surface area (Å²) in [6.45, 7) is 4.83. The highest BCUT2D eigenvalue weighted by atomic mass is 31.2. The van der Waals surface area contributed by atoms with Gasteiger partial charge in [0.05, 0.1) is 19.4 Å². The van der Waals surface area contributed by atoms with Gasteiger partial charge in [0.15, 0.2) is 0 Å². The third-order valence-electron chi connectivity index (χ3n) is 2.43. The Balaban J connectivity index is 3.11. The molecule has 1 atom stereocenters. The minimum atomic E-state index is -3.39. The lowest BCUT2D eigenvalue weighted by Gasteiger charge is -2.09. The van der Waals surface area contributed by atoms with Gasteiger partial charge in [0.2, 0.25) is 0 Å². The standard InChI is InChI=1S/C11H26NO4P/c1-3-4-5-6-7-12-8-9-16-10-11-17(13,14)15-2/h12H,3-11H2,1-2H3,(H,13,14). The molecule has 0 heterocycles. The van der Waals surface area contributed by atoms with Crippen LogP contribution in [0.15, 0.2) is 0 Å². The second-order valence-electron chi connectivity index (χ2n) is 3.97. The van der Waals surface area contributed by atoms with Crippen molar-refractivity contribution in [3.05, 3.63) is 0 Å². The summed E-state index contributed by atoms with van der Waals surface area (Å²) in [6.07, 6.45) is 5.07. The maximum Gasteiger partial charge on any atom is 0.330 e. The lowest BCUT2D eigenvalue weighted by molar-refractivity contribution is 0.146. The van der Waals surface area contributed by atoms with Gasteiger partial charge in [-0.15, -0.1) is 0 Å². The van der Waals surface area contributed by atoms with E-state index in [0.29, 0.717) is 6.61 Å². The minimum absolute atomic E-state index is 0.0556. The summed E-state index contributed by atoms with van der Waals surface area (Å²) in [5, 5.41) is 3.27. The van der Waals surface area contributed by atoms with Gasteiger partial charge in [0, 0.05) is 13.7 Å². The molecule has 0 fully saturated rings. The molecule has 0 aliphatic heterocycles. The quantitative estimate of drug-likeness (QED) is 0.418. The van der Waals surface area contributed by atoms with Crippen LogP contribution in [0.2, 0.25) is 0 Å². The van der Waals surface area contributed by atoms with Crippen LogP contribution in [0, 0.1) is 0 Å². The zero-order valence-electron chi connectivity index (χ0n) is 11.0. The first kappa shape index (κ1) is 17.1. The van der Waals surface area contributed by atoms with E-state index in [9.17, 15) is 4.57 Å². The molecule has 0 aliphatic carbocycles. The van der Waals surface area contributed by atoms with Crippen molar-refractivity contribution in [3.8, 4) is 0 Å². The van der Waals surface area contributed by atoms with Crippen LogP contribution in [-0.4, -0.2) is 44.5 Å². The van der Waals surface area contributed by atoms with Crippen molar-refractivity contribution in [2.24, 2.45) is 0 Å². The van der Waals surface area contributed by atoms with Crippen molar-refractivity contribution in [2.75, 3.05) is 39.6 Å². The van der Waals surface area contributed by atoms with E-state index >= 15 is 0 Å². The van der Waals surface area contributed by atoms with Gasteiger partial charge in [-0.3, -0.25) is 4.57 Å². The van der Waals surface area contributed by atoms with E-state index in [1.807, 2.05) is 0 Å². The summed E-state index contributed by atoms with van der Waals surface area (Å²) < 4.78 is 20.7.